The van der Waals surface area contributed by atoms with Crippen LogP contribution in [-0.2, 0) is 0 Å². The zero-order valence-electron chi connectivity index (χ0n) is 9.58. The van der Waals surface area contributed by atoms with Gasteiger partial charge >= 0.3 is 0 Å². The molecule has 2 heterocycles. The number of halogens is 1. The maximum Gasteiger partial charge on any atom is 0.184 e. The Morgan fingerprint density at radius 1 is 1.56 bits per heavy atom. The molecule has 1 aromatic rings. The third-order valence-corrected chi connectivity index (χ3v) is 3.97. The lowest BCUT2D eigenvalue weighted by atomic mass is 10.2. The summed E-state index contributed by atoms with van der Waals surface area (Å²) in [7, 11) is 0. The molecule has 0 amide bonds. The van der Waals surface area contributed by atoms with E-state index in [0.717, 1.165) is 11.7 Å². The third kappa shape index (κ3) is 3.61. The van der Waals surface area contributed by atoms with E-state index in [1.165, 1.54) is 32.5 Å². The second kappa shape index (κ2) is 5.84. The molecule has 1 unspecified atom stereocenters. The number of rotatable bonds is 5. The Morgan fingerprint density at radius 3 is 2.94 bits per heavy atom. The summed E-state index contributed by atoms with van der Waals surface area (Å²) in [5.41, 5.74) is 0. The average molecular weight is 260 g/mol. The van der Waals surface area contributed by atoms with E-state index in [0.29, 0.717) is 11.1 Å². The number of likely N-dealkylation sites (tertiary alicyclic amines) is 1. The number of thiazole rings is 1. The fourth-order valence-electron chi connectivity index (χ4n) is 2.07. The Bertz CT molecular complexity index is 323. The fourth-order valence-corrected chi connectivity index (χ4v) is 2.91. The number of aromatic nitrogens is 1. The van der Waals surface area contributed by atoms with Crippen LogP contribution in [0.15, 0.2) is 5.38 Å². The summed E-state index contributed by atoms with van der Waals surface area (Å²) in [6.45, 7) is 6.98. The number of hydrogen-bond acceptors (Lipinski definition) is 4. The normalized spacial score (nSPS) is 18.9. The molecule has 1 fully saturated rings. The molecule has 2 rings (SSSR count). The Kier molecular flexibility index (Phi) is 4.44. The average Bonchev–Trinajstić information content (AvgIpc) is 2.87. The van der Waals surface area contributed by atoms with Crippen molar-refractivity contribution in [2.24, 2.45) is 5.92 Å². The van der Waals surface area contributed by atoms with E-state index in [2.05, 4.69) is 22.1 Å². The van der Waals surface area contributed by atoms with E-state index in [9.17, 15) is 0 Å². The van der Waals surface area contributed by atoms with Crippen LogP contribution >= 0.6 is 22.9 Å². The minimum atomic E-state index is 0.583. The molecule has 3 nitrogen and oxygen atoms in total. The number of hydrogen-bond donors (Lipinski definition) is 1. The fraction of sp³-hybridized carbons (Fsp3) is 0.727. The number of nitrogens with one attached hydrogen (secondary N) is 1. The van der Waals surface area contributed by atoms with E-state index >= 15 is 0 Å². The predicted molar refractivity (Wildman–Crippen MR) is 70.5 cm³/mol. The molecular formula is C11H18ClN3S. The highest BCUT2D eigenvalue weighted by Crippen LogP contribution is 2.19. The second-order valence-electron chi connectivity index (χ2n) is 4.47. The van der Waals surface area contributed by atoms with E-state index in [1.807, 2.05) is 5.38 Å². The van der Waals surface area contributed by atoms with Gasteiger partial charge in [0, 0.05) is 18.5 Å². The van der Waals surface area contributed by atoms with Crippen molar-refractivity contribution in [3.05, 3.63) is 10.5 Å². The standard InChI is InChI=1S/C11H18ClN3S/c1-9(7-15-4-2-3-5-15)6-13-11-14-10(12)8-16-11/h8-9H,2-7H2,1H3,(H,13,14). The van der Waals surface area contributed by atoms with Gasteiger partial charge in [-0.15, -0.1) is 11.3 Å². The van der Waals surface area contributed by atoms with Gasteiger partial charge in [-0.25, -0.2) is 4.98 Å². The number of nitrogens with zero attached hydrogens (tertiary/aromatic N) is 2. The molecule has 1 aromatic heterocycles. The van der Waals surface area contributed by atoms with Crippen LogP contribution < -0.4 is 5.32 Å². The lowest BCUT2D eigenvalue weighted by molar-refractivity contribution is 0.294. The van der Waals surface area contributed by atoms with Crippen LogP contribution in [0.25, 0.3) is 0 Å². The molecule has 1 saturated heterocycles. The van der Waals surface area contributed by atoms with Gasteiger partial charge < -0.3 is 10.2 Å². The topological polar surface area (TPSA) is 28.2 Å². The van der Waals surface area contributed by atoms with Crippen LogP contribution in [-0.4, -0.2) is 36.1 Å². The molecule has 1 aliphatic heterocycles. The van der Waals surface area contributed by atoms with Gasteiger partial charge in [-0.3, -0.25) is 0 Å². The predicted octanol–water partition coefficient (Wildman–Crippen LogP) is 2.94. The molecule has 0 radical (unpaired) electrons. The largest absolute Gasteiger partial charge is 0.361 e. The first kappa shape index (κ1) is 12.1. The molecule has 90 valence electrons. The Labute approximate surface area is 106 Å². The van der Waals surface area contributed by atoms with Gasteiger partial charge in [-0.2, -0.15) is 0 Å². The monoisotopic (exact) mass is 259 g/mol. The zero-order chi connectivity index (χ0) is 11.4. The Morgan fingerprint density at radius 2 is 2.31 bits per heavy atom. The van der Waals surface area contributed by atoms with E-state index in [-0.39, 0.29) is 0 Å². The lowest BCUT2D eigenvalue weighted by Gasteiger charge is -2.20. The van der Waals surface area contributed by atoms with E-state index in [1.54, 1.807) is 11.3 Å². The van der Waals surface area contributed by atoms with Gasteiger partial charge in [0.1, 0.15) is 5.15 Å². The molecule has 5 heteroatoms. The molecule has 0 aliphatic carbocycles. The van der Waals surface area contributed by atoms with Crippen LogP contribution in [0.1, 0.15) is 19.8 Å². The second-order valence-corrected chi connectivity index (χ2v) is 5.71. The van der Waals surface area contributed by atoms with Crippen LogP contribution in [0.4, 0.5) is 5.13 Å². The Hall–Kier alpha value is -0.320. The molecule has 0 spiro atoms. The van der Waals surface area contributed by atoms with Crippen LogP contribution in [0.2, 0.25) is 5.15 Å². The lowest BCUT2D eigenvalue weighted by Crippen LogP contribution is -2.28. The first-order valence-electron chi connectivity index (χ1n) is 5.81. The first-order valence-corrected chi connectivity index (χ1v) is 7.07. The molecule has 0 saturated carbocycles. The highest BCUT2D eigenvalue weighted by atomic mass is 35.5. The molecule has 1 aliphatic rings. The van der Waals surface area contributed by atoms with Crippen molar-refractivity contribution in [1.29, 1.82) is 0 Å². The summed E-state index contributed by atoms with van der Waals surface area (Å²) in [5.74, 6) is 0.653. The molecule has 16 heavy (non-hydrogen) atoms. The summed E-state index contributed by atoms with van der Waals surface area (Å²) in [4.78, 5) is 6.72. The van der Waals surface area contributed by atoms with Gasteiger partial charge in [0.2, 0.25) is 0 Å². The SMILES string of the molecule is CC(CNc1nc(Cl)cs1)CN1CCCC1. The van der Waals surface area contributed by atoms with E-state index in [4.69, 9.17) is 11.6 Å². The maximum absolute atomic E-state index is 5.76. The van der Waals surface area contributed by atoms with Crippen molar-refractivity contribution in [2.75, 3.05) is 31.5 Å². The van der Waals surface area contributed by atoms with Crippen LogP contribution in [0.5, 0.6) is 0 Å². The maximum atomic E-state index is 5.76. The van der Waals surface area contributed by atoms with Crippen molar-refractivity contribution in [3.8, 4) is 0 Å². The van der Waals surface area contributed by atoms with Gasteiger partial charge in [0.25, 0.3) is 0 Å². The van der Waals surface area contributed by atoms with Crippen molar-refractivity contribution in [3.63, 3.8) is 0 Å². The minimum absolute atomic E-state index is 0.583. The van der Waals surface area contributed by atoms with Gasteiger partial charge in [-0.05, 0) is 31.8 Å². The smallest absolute Gasteiger partial charge is 0.184 e. The van der Waals surface area contributed by atoms with Crippen molar-refractivity contribution >= 4 is 28.1 Å². The number of anilines is 1. The van der Waals surface area contributed by atoms with Crippen molar-refractivity contribution < 1.29 is 0 Å². The van der Waals surface area contributed by atoms with Gasteiger partial charge in [0.05, 0.1) is 0 Å². The Balaban J connectivity index is 1.68. The molecular weight excluding hydrogens is 242 g/mol. The highest BCUT2D eigenvalue weighted by Gasteiger charge is 2.14. The van der Waals surface area contributed by atoms with E-state index < -0.39 is 0 Å². The van der Waals surface area contributed by atoms with Crippen molar-refractivity contribution in [2.45, 2.75) is 19.8 Å². The first-order chi connectivity index (χ1) is 7.74. The van der Waals surface area contributed by atoms with Crippen LogP contribution in [0, 0.1) is 5.92 Å². The summed E-state index contributed by atoms with van der Waals surface area (Å²) in [5, 5.41) is 6.70. The summed E-state index contributed by atoms with van der Waals surface area (Å²) in [6, 6.07) is 0. The molecule has 0 bridgehead atoms. The third-order valence-electron chi connectivity index (χ3n) is 2.85. The minimum Gasteiger partial charge on any atom is -0.361 e. The summed E-state index contributed by atoms with van der Waals surface area (Å²) in [6.07, 6.45) is 2.73. The molecule has 1 atom stereocenters. The van der Waals surface area contributed by atoms with Gasteiger partial charge in [-0.1, -0.05) is 18.5 Å². The summed E-state index contributed by atoms with van der Waals surface area (Å²) >= 11 is 7.33. The zero-order valence-corrected chi connectivity index (χ0v) is 11.2. The quantitative estimate of drug-likeness (QED) is 0.881. The molecule has 1 N–H and O–H groups in total. The highest BCUT2D eigenvalue weighted by molar-refractivity contribution is 7.14. The summed E-state index contributed by atoms with van der Waals surface area (Å²) < 4.78 is 0. The van der Waals surface area contributed by atoms with Crippen molar-refractivity contribution in [1.82, 2.24) is 9.88 Å². The van der Waals surface area contributed by atoms with Gasteiger partial charge in [0.15, 0.2) is 5.13 Å². The molecule has 0 aromatic carbocycles. The van der Waals surface area contributed by atoms with Crippen LogP contribution in [0.3, 0.4) is 0 Å².